The first-order valence-corrected chi connectivity index (χ1v) is 11.4. The van der Waals surface area contributed by atoms with Crippen LogP contribution in [0.3, 0.4) is 0 Å². The number of halogens is 1. The van der Waals surface area contributed by atoms with Crippen LogP contribution in [0.15, 0.2) is 72.2 Å². The Morgan fingerprint density at radius 1 is 1.06 bits per heavy atom. The summed E-state index contributed by atoms with van der Waals surface area (Å²) in [5.74, 6) is -0.224. The van der Waals surface area contributed by atoms with E-state index >= 15 is 0 Å². The van der Waals surface area contributed by atoms with Gasteiger partial charge < -0.3 is 16.4 Å². The van der Waals surface area contributed by atoms with Crippen molar-refractivity contribution < 1.29 is 4.79 Å². The highest BCUT2D eigenvalue weighted by Gasteiger charge is 2.15. The number of nitrogens with zero attached hydrogens (tertiary/aromatic N) is 3. The number of carbonyl (C=O) groups is 1. The molecule has 9 heteroatoms. The van der Waals surface area contributed by atoms with E-state index < -0.39 is 0 Å². The molecule has 3 heterocycles. The van der Waals surface area contributed by atoms with Gasteiger partial charge in [-0.3, -0.25) is 9.20 Å². The van der Waals surface area contributed by atoms with Crippen LogP contribution < -0.4 is 16.4 Å². The molecule has 1 amide bonds. The molecule has 0 saturated heterocycles. The van der Waals surface area contributed by atoms with E-state index in [0.717, 1.165) is 33.5 Å². The quantitative estimate of drug-likeness (QED) is 0.271. The maximum absolute atomic E-state index is 12.5. The van der Waals surface area contributed by atoms with Gasteiger partial charge in [0, 0.05) is 22.8 Å². The van der Waals surface area contributed by atoms with Crippen molar-refractivity contribution in [2.45, 2.75) is 6.92 Å². The molecule has 0 atom stereocenters. The van der Waals surface area contributed by atoms with Gasteiger partial charge in [-0.05, 0) is 55.5 Å². The third-order valence-corrected chi connectivity index (χ3v) is 6.09. The summed E-state index contributed by atoms with van der Waals surface area (Å²) in [5.41, 5.74) is 11.8. The molecule has 0 radical (unpaired) electrons. The molecule has 0 spiro atoms. The summed E-state index contributed by atoms with van der Waals surface area (Å²) in [6.07, 6.45) is 1.84. The number of thiazole rings is 1. The van der Waals surface area contributed by atoms with Crippen LogP contribution in [0, 0.1) is 6.92 Å². The summed E-state index contributed by atoms with van der Waals surface area (Å²) in [6.45, 7) is 1.95. The maximum Gasteiger partial charge on any atom is 0.255 e. The number of imidazole rings is 1. The lowest BCUT2D eigenvalue weighted by molar-refractivity contribution is 0.102. The Morgan fingerprint density at radius 3 is 2.64 bits per heavy atom. The number of hydrogen-bond acceptors (Lipinski definition) is 6. The number of amides is 1. The van der Waals surface area contributed by atoms with Gasteiger partial charge in [-0.1, -0.05) is 23.7 Å². The highest BCUT2D eigenvalue weighted by molar-refractivity contribution is 7.14. The Bertz CT molecular complexity index is 1470. The highest BCUT2D eigenvalue weighted by atomic mass is 35.5. The number of fused-ring (bicyclic) bond motifs is 1. The molecule has 7 nitrogen and oxygen atoms in total. The van der Waals surface area contributed by atoms with Crippen molar-refractivity contribution in [1.82, 2.24) is 14.4 Å². The SMILES string of the molecule is Cc1nc2ccc(Cl)cn2c1-c1csc(Nc2ccc(C(=O)Nc3ccccc3N)cc2)n1. The topological polar surface area (TPSA) is 97.3 Å². The van der Waals surface area contributed by atoms with E-state index in [1.54, 1.807) is 24.3 Å². The molecular weight excluding hydrogens is 456 g/mol. The largest absolute Gasteiger partial charge is 0.397 e. The van der Waals surface area contributed by atoms with Crippen LogP contribution in [0.4, 0.5) is 22.2 Å². The van der Waals surface area contributed by atoms with Gasteiger partial charge in [0.1, 0.15) is 11.3 Å². The molecule has 0 aliphatic rings. The summed E-state index contributed by atoms with van der Waals surface area (Å²) in [5, 5.41) is 9.46. The van der Waals surface area contributed by atoms with Crippen LogP contribution in [-0.2, 0) is 0 Å². The van der Waals surface area contributed by atoms with Crippen molar-refractivity contribution in [3.8, 4) is 11.4 Å². The van der Waals surface area contributed by atoms with Gasteiger partial charge >= 0.3 is 0 Å². The Labute approximate surface area is 198 Å². The zero-order chi connectivity index (χ0) is 22.9. The maximum atomic E-state index is 12.5. The van der Waals surface area contributed by atoms with Crippen molar-refractivity contribution in [2.75, 3.05) is 16.4 Å². The molecule has 2 aromatic carbocycles. The zero-order valence-corrected chi connectivity index (χ0v) is 19.1. The number of nitrogens with one attached hydrogen (secondary N) is 2. The molecule has 3 aromatic heterocycles. The fourth-order valence-corrected chi connectivity index (χ4v) is 4.39. The minimum Gasteiger partial charge on any atom is -0.397 e. The number of carbonyl (C=O) groups excluding carboxylic acids is 1. The first kappa shape index (κ1) is 21.0. The molecule has 33 heavy (non-hydrogen) atoms. The van der Waals surface area contributed by atoms with Crippen molar-refractivity contribution >= 4 is 56.7 Å². The van der Waals surface area contributed by atoms with Crippen LogP contribution in [0.5, 0.6) is 0 Å². The average Bonchev–Trinajstić information content (AvgIpc) is 3.38. The fraction of sp³-hybridized carbons (Fsp3) is 0.0417. The number of aryl methyl sites for hydroxylation is 1. The van der Waals surface area contributed by atoms with Gasteiger partial charge in [0.05, 0.1) is 27.8 Å². The standard InChI is InChI=1S/C24H19ClN6OS/c1-14-22(31-12-16(25)8-11-21(31)27-14)20-13-33-24(30-20)28-17-9-6-15(7-10-17)23(32)29-19-5-3-2-4-18(19)26/h2-13H,26H2,1H3,(H,28,30)(H,29,32). The molecule has 0 aliphatic heterocycles. The number of nitrogens with two attached hydrogens (primary N) is 1. The summed E-state index contributed by atoms with van der Waals surface area (Å²) >= 11 is 7.66. The molecular formula is C24H19ClN6OS. The van der Waals surface area contributed by atoms with E-state index in [-0.39, 0.29) is 5.91 Å². The molecule has 0 unspecified atom stereocenters. The van der Waals surface area contributed by atoms with E-state index in [2.05, 4.69) is 15.6 Å². The van der Waals surface area contributed by atoms with Crippen LogP contribution in [-0.4, -0.2) is 20.3 Å². The van der Waals surface area contributed by atoms with Crippen LogP contribution >= 0.6 is 22.9 Å². The first-order chi connectivity index (χ1) is 16.0. The van der Waals surface area contributed by atoms with Gasteiger partial charge in [-0.2, -0.15) is 0 Å². The van der Waals surface area contributed by atoms with Crippen LogP contribution in [0.25, 0.3) is 17.0 Å². The second kappa shape index (κ2) is 8.57. The normalized spacial score (nSPS) is 11.0. The van der Waals surface area contributed by atoms with Crippen molar-refractivity contribution in [3.05, 3.63) is 88.5 Å². The number of para-hydroxylation sites is 2. The van der Waals surface area contributed by atoms with E-state index in [1.807, 2.05) is 59.3 Å². The summed E-state index contributed by atoms with van der Waals surface area (Å²) in [4.78, 5) is 21.8. The lowest BCUT2D eigenvalue weighted by atomic mass is 10.2. The number of anilines is 4. The summed E-state index contributed by atoms with van der Waals surface area (Å²) < 4.78 is 1.95. The lowest BCUT2D eigenvalue weighted by Crippen LogP contribution is -2.13. The molecule has 0 saturated carbocycles. The molecule has 164 valence electrons. The van der Waals surface area contributed by atoms with Gasteiger partial charge in [-0.25, -0.2) is 9.97 Å². The number of benzene rings is 2. The number of nitrogen functional groups attached to an aromatic ring is 1. The molecule has 0 aliphatic carbocycles. The van der Waals surface area contributed by atoms with E-state index in [4.69, 9.17) is 22.3 Å². The van der Waals surface area contributed by atoms with Gasteiger partial charge in [-0.15, -0.1) is 11.3 Å². The minimum absolute atomic E-state index is 0.224. The Kier molecular flexibility index (Phi) is 5.45. The van der Waals surface area contributed by atoms with E-state index in [9.17, 15) is 4.79 Å². The first-order valence-electron chi connectivity index (χ1n) is 10.1. The minimum atomic E-state index is -0.224. The van der Waals surface area contributed by atoms with Gasteiger partial charge in [0.25, 0.3) is 5.91 Å². The predicted octanol–water partition coefficient (Wildman–Crippen LogP) is 6.00. The predicted molar refractivity (Wildman–Crippen MR) is 135 cm³/mol. The molecule has 5 rings (SSSR count). The third kappa shape index (κ3) is 4.26. The molecule has 0 fully saturated rings. The summed E-state index contributed by atoms with van der Waals surface area (Å²) in [7, 11) is 0. The van der Waals surface area contributed by atoms with Crippen molar-refractivity contribution in [3.63, 3.8) is 0 Å². The van der Waals surface area contributed by atoms with E-state index in [0.29, 0.717) is 22.0 Å². The number of pyridine rings is 1. The zero-order valence-electron chi connectivity index (χ0n) is 17.5. The average molecular weight is 475 g/mol. The number of aromatic nitrogens is 3. The molecule has 0 bridgehead atoms. The monoisotopic (exact) mass is 474 g/mol. The lowest BCUT2D eigenvalue weighted by Gasteiger charge is -2.08. The van der Waals surface area contributed by atoms with Gasteiger partial charge in [0.2, 0.25) is 0 Å². The third-order valence-electron chi connectivity index (χ3n) is 5.11. The second-order valence-corrected chi connectivity index (χ2v) is 8.70. The van der Waals surface area contributed by atoms with Crippen LogP contribution in [0.2, 0.25) is 5.02 Å². The summed E-state index contributed by atoms with van der Waals surface area (Å²) in [6, 6.07) is 18.0. The highest BCUT2D eigenvalue weighted by Crippen LogP contribution is 2.30. The Morgan fingerprint density at radius 2 is 1.85 bits per heavy atom. The van der Waals surface area contributed by atoms with Crippen molar-refractivity contribution in [1.29, 1.82) is 0 Å². The van der Waals surface area contributed by atoms with Crippen molar-refractivity contribution in [2.24, 2.45) is 0 Å². The smallest absolute Gasteiger partial charge is 0.255 e. The fourth-order valence-electron chi connectivity index (χ4n) is 3.52. The van der Waals surface area contributed by atoms with E-state index in [1.165, 1.54) is 11.3 Å². The number of hydrogen-bond donors (Lipinski definition) is 3. The molecule has 5 aromatic rings. The van der Waals surface area contributed by atoms with Crippen LogP contribution in [0.1, 0.15) is 16.1 Å². The Balaban J connectivity index is 1.32. The van der Waals surface area contributed by atoms with Gasteiger partial charge in [0.15, 0.2) is 5.13 Å². The number of rotatable bonds is 5. The second-order valence-electron chi connectivity index (χ2n) is 7.40. The molecule has 4 N–H and O–H groups in total. The Hall–Kier alpha value is -3.88.